The molecule has 4 aromatic carbocycles. The first-order chi connectivity index (χ1) is 20.3. The van der Waals surface area contributed by atoms with E-state index in [1.165, 1.54) is 24.3 Å². The van der Waals surface area contributed by atoms with Crippen LogP contribution in [0.4, 0.5) is 10.1 Å². The first-order valence-corrected chi connectivity index (χ1v) is 13.5. The van der Waals surface area contributed by atoms with Gasteiger partial charge in [0.1, 0.15) is 11.6 Å². The summed E-state index contributed by atoms with van der Waals surface area (Å²) >= 11 is 5.48. The minimum absolute atomic E-state index is 0.0344. The van der Waals surface area contributed by atoms with E-state index in [0.29, 0.717) is 17.1 Å². The van der Waals surface area contributed by atoms with Gasteiger partial charge in [-0.3, -0.25) is 20.4 Å². The summed E-state index contributed by atoms with van der Waals surface area (Å²) in [5.74, 6) is -0.630. The van der Waals surface area contributed by atoms with Crippen LogP contribution >= 0.6 is 12.2 Å². The zero-order valence-corrected chi connectivity index (χ0v) is 23.7. The van der Waals surface area contributed by atoms with Crippen LogP contribution in [0.15, 0.2) is 108 Å². The van der Waals surface area contributed by atoms with E-state index in [1.54, 1.807) is 18.9 Å². The van der Waals surface area contributed by atoms with Crippen LogP contribution in [0.25, 0.3) is 0 Å². The first kappa shape index (κ1) is 28.4. The Morgan fingerprint density at radius 1 is 0.929 bits per heavy atom. The van der Waals surface area contributed by atoms with Crippen molar-refractivity contribution in [2.24, 2.45) is 4.99 Å². The molecular formula is C32H28FN5O3S. The Morgan fingerprint density at radius 3 is 2.29 bits per heavy atom. The fourth-order valence-corrected chi connectivity index (χ4v) is 4.87. The first-order valence-electron chi connectivity index (χ1n) is 13.1. The fraction of sp³-hybridized carbons (Fsp3) is 0.125. The van der Waals surface area contributed by atoms with Crippen molar-refractivity contribution in [2.45, 2.75) is 19.1 Å². The highest BCUT2D eigenvalue weighted by Gasteiger charge is 2.42. The number of carbonyl (C=O) groups excluding carboxylic acids is 2. The Bertz CT molecular complexity index is 1650. The molecule has 2 amide bonds. The number of halogens is 1. The number of benzodiazepines with no additional fused rings is 1. The van der Waals surface area contributed by atoms with Gasteiger partial charge in [-0.15, -0.1) is 0 Å². The molecule has 4 aromatic rings. The summed E-state index contributed by atoms with van der Waals surface area (Å²) in [6, 6.07) is 29.8. The Balaban J connectivity index is 1.49. The molecule has 0 radical (unpaired) electrons. The Kier molecular flexibility index (Phi) is 8.26. The van der Waals surface area contributed by atoms with E-state index in [4.69, 9.17) is 21.9 Å². The summed E-state index contributed by atoms with van der Waals surface area (Å²) in [5, 5.41) is 2.98. The number of ether oxygens (including phenoxy) is 1. The molecule has 42 heavy (non-hydrogen) atoms. The molecule has 0 aromatic heterocycles. The van der Waals surface area contributed by atoms with Crippen molar-refractivity contribution in [1.82, 2.24) is 16.2 Å². The zero-order valence-electron chi connectivity index (χ0n) is 22.9. The van der Waals surface area contributed by atoms with Crippen molar-refractivity contribution in [1.29, 1.82) is 0 Å². The average Bonchev–Trinajstić information content (AvgIpc) is 3.10. The van der Waals surface area contributed by atoms with Crippen molar-refractivity contribution in [2.75, 3.05) is 12.0 Å². The highest BCUT2D eigenvalue weighted by molar-refractivity contribution is 7.80. The average molecular weight is 582 g/mol. The third-order valence-electron chi connectivity index (χ3n) is 6.75. The maximum absolute atomic E-state index is 14.4. The number of carbonyl (C=O) groups is 2. The van der Waals surface area contributed by atoms with Crippen molar-refractivity contribution < 1.29 is 18.7 Å². The number of benzene rings is 4. The number of fused-ring (bicyclic) bond motifs is 1. The van der Waals surface area contributed by atoms with Crippen LogP contribution in [-0.2, 0) is 11.3 Å². The van der Waals surface area contributed by atoms with Crippen LogP contribution in [0, 0.1) is 5.82 Å². The molecule has 1 heterocycles. The number of hydrogen-bond donors (Lipinski definition) is 3. The molecule has 0 aliphatic carbocycles. The van der Waals surface area contributed by atoms with Gasteiger partial charge in [0.25, 0.3) is 11.8 Å². The second-order valence-corrected chi connectivity index (χ2v) is 10.1. The Labute approximate surface area is 248 Å². The standard InChI is InChI=1S/C32H28FN5O3S/c1-32(35-31(42)37-36-29(39)23-14-16-24(33)17-15-23)30(40)38(20-21-12-18-25(41-2)19-13-21)27-11-7-6-10-26(27)28(34-32)22-8-4-3-5-9-22/h3-19H,20H2,1-2H3,(H,36,39)(H2,35,37,42). The molecule has 3 N–H and O–H groups in total. The van der Waals surface area contributed by atoms with E-state index >= 15 is 0 Å². The molecule has 5 rings (SSSR count). The smallest absolute Gasteiger partial charge is 0.275 e. The molecule has 8 nitrogen and oxygen atoms in total. The van der Waals surface area contributed by atoms with Crippen LogP contribution in [0.3, 0.4) is 0 Å². The molecular weight excluding hydrogens is 553 g/mol. The summed E-state index contributed by atoms with van der Waals surface area (Å²) < 4.78 is 18.6. The van der Waals surface area contributed by atoms with Crippen molar-refractivity contribution >= 4 is 40.5 Å². The summed E-state index contributed by atoms with van der Waals surface area (Å²) in [4.78, 5) is 33.6. The molecule has 212 valence electrons. The quantitative estimate of drug-likeness (QED) is 0.225. The lowest BCUT2D eigenvalue weighted by Gasteiger charge is -2.32. The number of nitrogens with zero attached hydrogens (tertiary/aromatic N) is 2. The van der Waals surface area contributed by atoms with E-state index in [-0.39, 0.29) is 23.1 Å². The summed E-state index contributed by atoms with van der Waals surface area (Å²) in [7, 11) is 1.60. The van der Waals surface area contributed by atoms with E-state index in [0.717, 1.165) is 16.7 Å². The van der Waals surface area contributed by atoms with Gasteiger partial charge in [-0.2, -0.15) is 0 Å². The van der Waals surface area contributed by atoms with Crippen LogP contribution < -0.4 is 25.8 Å². The van der Waals surface area contributed by atoms with E-state index in [2.05, 4.69) is 16.2 Å². The number of hydrogen-bond acceptors (Lipinski definition) is 5. The van der Waals surface area contributed by atoms with Crippen molar-refractivity contribution in [3.05, 3.63) is 131 Å². The topological polar surface area (TPSA) is 95.1 Å². The number of hydrazine groups is 1. The van der Waals surface area contributed by atoms with Gasteiger partial charge in [0.15, 0.2) is 5.11 Å². The number of thiocarbonyl (C=S) groups is 1. The maximum atomic E-state index is 14.4. The van der Waals surface area contributed by atoms with Crippen LogP contribution in [-0.4, -0.2) is 35.4 Å². The van der Waals surface area contributed by atoms with Gasteiger partial charge >= 0.3 is 0 Å². The zero-order chi connectivity index (χ0) is 29.7. The molecule has 1 aliphatic heterocycles. The van der Waals surface area contributed by atoms with Gasteiger partial charge in [0.2, 0.25) is 5.66 Å². The highest BCUT2D eigenvalue weighted by Crippen LogP contribution is 2.32. The number of amides is 2. The molecule has 0 saturated heterocycles. The lowest BCUT2D eigenvalue weighted by Crippen LogP contribution is -2.60. The predicted molar refractivity (Wildman–Crippen MR) is 164 cm³/mol. The van der Waals surface area contributed by atoms with Crippen molar-refractivity contribution in [3.63, 3.8) is 0 Å². The van der Waals surface area contributed by atoms with Crippen molar-refractivity contribution in [3.8, 4) is 5.75 Å². The van der Waals surface area contributed by atoms with Gasteiger partial charge in [0.05, 0.1) is 25.1 Å². The Hall–Kier alpha value is -5.09. The summed E-state index contributed by atoms with van der Waals surface area (Å²) in [6.07, 6.45) is 0. The number of para-hydroxylation sites is 1. The van der Waals surface area contributed by atoms with E-state index < -0.39 is 17.4 Å². The molecule has 0 saturated carbocycles. The van der Waals surface area contributed by atoms with E-state index in [1.807, 2.05) is 78.9 Å². The fourth-order valence-electron chi connectivity index (χ4n) is 4.62. The van der Waals surface area contributed by atoms with Gasteiger partial charge < -0.3 is 15.0 Å². The predicted octanol–water partition coefficient (Wildman–Crippen LogP) is 4.74. The Morgan fingerprint density at radius 2 is 1.60 bits per heavy atom. The lowest BCUT2D eigenvalue weighted by atomic mass is 10.00. The number of aliphatic imine (C=N–C) groups is 1. The number of anilines is 1. The third-order valence-corrected chi connectivity index (χ3v) is 6.95. The second-order valence-electron chi connectivity index (χ2n) is 9.70. The van der Waals surface area contributed by atoms with Gasteiger partial charge in [-0.05, 0) is 67.2 Å². The van der Waals surface area contributed by atoms with E-state index in [9.17, 15) is 14.0 Å². The minimum atomic E-state index is -1.57. The third kappa shape index (κ3) is 6.13. The number of rotatable bonds is 6. The molecule has 0 bridgehead atoms. The number of nitrogens with one attached hydrogen (secondary N) is 3. The molecule has 1 unspecified atom stereocenters. The van der Waals surface area contributed by atoms with Gasteiger partial charge in [0, 0.05) is 16.7 Å². The molecule has 0 fully saturated rings. The van der Waals surface area contributed by atoms with Crippen LogP contribution in [0.2, 0.25) is 0 Å². The monoisotopic (exact) mass is 581 g/mol. The second kappa shape index (κ2) is 12.2. The molecule has 1 atom stereocenters. The minimum Gasteiger partial charge on any atom is -0.497 e. The normalized spacial score (nSPS) is 16.0. The van der Waals surface area contributed by atoms with Crippen LogP contribution in [0.1, 0.15) is 34.0 Å². The maximum Gasteiger partial charge on any atom is 0.275 e. The molecule has 1 aliphatic rings. The molecule has 0 spiro atoms. The molecule has 10 heteroatoms. The lowest BCUT2D eigenvalue weighted by molar-refractivity contribution is -0.123. The largest absolute Gasteiger partial charge is 0.497 e. The van der Waals surface area contributed by atoms with Gasteiger partial charge in [-0.1, -0.05) is 60.7 Å². The highest BCUT2D eigenvalue weighted by atomic mass is 32.1. The number of methoxy groups -OCH3 is 1. The van der Waals surface area contributed by atoms with Gasteiger partial charge in [-0.25, -0.2) is 9.38 Å². The summed E-state index contributed by atoms with van der Waals surface area (Å²) in [6.45, 7) is 1.90. The SMILES string of the molecule is COc1ccc(CN2C(=O)C(C)(NC(=S)NNC(=O)c3ccc(F)cc3)N=C(c3ccccc3)c3ccccc32)cc1. The summed E-state index contributed by atoms with van der Waals surface area (Å²) in [5.41, 5.74) is 7.55. The van der Waals surface area contributed by atoms with Crippen LogP contribution in [0.5, 0.6) is 5.75 Å².